The second kappa shape index (κ2) is 10.1. The Morgan fingerprint density at radius 3 is 2.75 bits per heavy atom. The van der Waals surface area contributed by atoms with E-state index in [0.29, 0.717) is 28.9 Å². The Balaban J connectivity index is 1.53. The second-order valence-corrected chi connectivity index (χ2v) is 9.10. The van der Waals surface area contributed by atoms with Crippen molar-refractivity contribution in [2.45, 2.75) is 23.0 Å². The first-order valence-corrected chi connectivity index (χ1v) is 12.0. The lowest BCUT2D eigenvalue weighted by atomic mass is 10.2. The smallest absolute Gasteiger partial charge is 0.268 e. The summed E-state index contributed by atoms with van der Waals surface area (Å²) in [7, 11) is 3.11. The molecule has 2 aromatic carbocycles. The van der Waals surface area contributed by atoms with Crippen molar-refractivity contribution >= 4 is 35.1 Å². The molecule has 1 amide bonds. The average molecular weight is 470 g/mol. The third-order valence-electron chi connectivity index (χ3n) is 4.95. The Bertz CT molecular complexity index is 1180. The van der Waals surface area contributed by atoms with Crippen molar-refractivity contribution in [1.29, 1.82) is 0 Å². The number of ether oxygens (including phenoxy) is 2. The van der Waals surface area contributed by atoms with Crippen molar-refractivity contribution in [1.82, 2.24) is 9.55 Å². The minimum Gasteiger partial charge on any atom is -0.497 e. The van der Waals surface area contributed by atoms with Crippen LogP contribution in [-0.4, -0.2) is 41.2 Å². The lowest BCUT2D eigenvalue weighted by molar-refractivity contribution is -0.113. The standard InChI is InChI=1S/C23H23N3O4S2/c1-29-16-8-9-17(19(12-16)30-2)24-20(27)14-32-23-25-18-10-11-31-21(18)22(28)26(23)13-15-6-4-3-5-7-15/h3-9,12H,10-11,13-14H2,1-2H3,(H,24,27). The van der Waals surface area contributed by atoms with Crippen molar-refractivity contribution in [3.05, 3.63) is 70.1 Å². The number of thioether (sulfide) groups is 2. The average Bonchev–Trinajstić information content (AvgIpc) is 3.29. The zero-order valence-electron chi connectivity index (χ0n) is 17.8. The molecule has 1 aliphatic rings. The molecule has 1 aliphatic heterocycles. The van der Waals surface area contributed by atoms with E-state index in [0.717, 1.165) is 28.3 Å². The van der Waals surface area contributed by atoms with Gasteiger partial charge in [-0.05, 0) is 17.7 Å². The molecule has 0 atom stereocenters. The van der Waals surface area contributed by atoms with E-state index >= 15 is 0 Å². The van der Waals surface area contributed by atoms with Gasteiger partial charge in [0.05, 0.1) is 42.8 Å². The number of nitrogens with zero attached hydrogens (tertiary/aromatic N) is 2. The Morgan fingerprint density at radius 1 is 1.19 bits per heavy atom. The molecular formula is C23H23N3O4S2. The van der Waals surface area contributed by atoms with Gasteiger partial charge in [-0.2, -0.15) is 0 Å². The lowest BCUT2D eigenvalue weighted by Crippen LogP contribution is -2.26. The number of fused-ring (bicyclic) bond motifs is 1. The normalized spacial score (nSPS) is 12.3. The summed E-state index contributed by atoms with van der Waals surface area (Å²) in [4.78, 5) is 31.2. The molecule has 0 bridgehead atoms. The van der Waals surface area contributed by atoms with E-state index in [2.05, 4.69) is 5.32 Å². The van der Waals surface area contributed by atoms with E-state index < -0.39 is 0 Å². The zero-order valence-corrected chi connectivity index (χ0v) is 19.4. The minimum absolute atomic E-state index is 0.0407. The first kappa shape index (κ1) is 22.3. The summed E-state index contributed by atoms with van der Waals surface area (Å²) in [6, 6.07) is 15.0. The molecule has 9 heteroatoms. The maximum Gasteiger partial charge on any atom is 0.268 e. The fraction of sp³-hybridized carbons (Fsp3) is 0.261. The first-order valence-electron chi connectivity index (χ1n) is 10.0. The highest BCUT2D eigenvalue weighted by atomic mass is 32.2. The van der Waals surface area contributed by atoms with Crippen LogP contribution in [0.25, 0.3) is 0 Å². The highest BCUT2D eigenvalue weighted by molar-refractivity contribution is 8.00. The lowest BCUT2D eigenvalue weighted by Gasteiger charge is -2.14. The highest BCUT2D eigenvalue weighted by Crippen LogP contribution is 2.31. The number of aromatic nitrogens is 2. The number of methoxy groups -OCH3 is 2. The van der Waals surface area contributed by atoms with Crippen LogP contribution in [0.4, 0.5) is 5.69 Å². The summed E-state index contributed by atoms with van der Waals surface area (Å²) >= 11 is 2.81. The molecule has 2 heterocycles. The van der Waals surface area contributed by atoms with E-state index in [9.17, 15) is 9.59 Å². The summed E-state index contributed by atoms with van der Waals surface area (Å²) < 4.78 is 12.2. The van der Waals surface area contributed by atoms with Gasteiger partial charge < -0.3 is 14.8 Å². The van der Waals surface area contributed by atoms with Gasteiger partial charge in [-0.15, -0.1) is 11.8 Å². The fourth-order valence-electron chi connectivity index (χ4n) is 3.36. The van der Waals surface area contributed by atoms with Gasteiger partial charge in [-0.1, -0.05) is 42.1 Å². The predicted octanol–water partition coefficient (Wildman–Crippen LogP) is 3.69. The molecule has 166 valence electrons. The van der Waals surface area contributed by atoms with E-state index in [1.807, 2.05) is 30.3 Å². The number of carbonyl (C=O) groups excluding carboxylic acids is 1. The Morgan fingerprint density at radius 2 is 2.00 bits per heavy atom. The number of rotatable bonds is 8. The van der Waals surface area contributed by atoms with Crippen LogP contribution < -0.4 is 20.3 Å². The van der Waals surface area contributed by atoms with Crippen molar-refractivity contribution in [3.8, 4) is 11.5 Å². The van der Waals surface area contributed by atoms with Gasteiger partial charge in [0.1, 0.15) is 11.5 Å². The van der Waals surface area contributed by atoms with Gasteiger partial charge in [-0.25, -0.2) is 4.98 Å². The van der Waals surface area contributed by atoms with Gasteiger partial charge in [0.15, 0.2) is 5.16 Å². The molecule has 4 rings (SSSR count). The van der Waals surface area contributed by atoms with Crippen LogP contribution in [0.5, 0.6) is 11.5 Å². The maximum atomic E-state index is 13.1. The number of hydrogen-bond donors (Lipinski definition) is 1. The Hall–Kier alpha value is -2.91. The minimum atomic E-state index is -0.214. The van der Waals surface area contributed by atoms with E-state index in [4.69, 9.17) is 14.5 Å². The molecule has 0 aliphatic carbocycles. The fourth-order valence-corrected chi connectivity index (χ4v) is 5.22. The molecule has 0 saturated heterocycles. The third kappa shape index (κ3) is 4.94. The molecule has 0 radical (unpaired) electrons. The van der Waals surface area contributed by atoms with Crippen LogP contribution in [0.3, 0.4) is 0 Å². The van der Waals surface area contributed by atoms with Crippen LogP contribution in [0.2, 0.25) is 0 Å². The van der Waals surface area contributed by atoms with Crippen molar-refractivity contribution in [2.75, 3.05) is 31.0 Å². The van der Waals surface area contributed by atoms with Crippen molar-refractivity contribution in [3.63, 3.8) is 0 Å². The van der Waals surface area contributed by atoms with Crippen LogP contribution in [0.1, 0.15) is 11.3 Å². The van der Waals surface area contributed by atoms with Gasteiger partial charge >= 0.3 is 0 Å². The summed E-state index contributed by atoms with van der Waals surface area (Å²) in [6.45, 7) is 0.413. The van der Waals surface area contributed by atoms with Gasteiger partial charge in [-0.3, -0.25) is 14.2 Å². The SMILES string of the molecule is COc1ccc(NC(=O)CSc2nc3c(c(=O)n2Cc2ccccc2)SCC3)c(OC)c1. The van der Waals surface area contributed by atoms with Gasteiger partial charge in [0, 0.05) is 18.2 Å². The molecule has 1 N–H and O–H groups in total. The monoisotopic (exact) mass is 469 g/mol. The van der Waals surface area contributed by atoms with E-state index in [1.165, 1.54) is 18.9 Å². The molecule has 7 nitrogen and oxygen atoms in total. The molecule has 0 unspecified atom stereocenters. The summed E-state index contributed by atoms with van der Waals surface area (Å²) in [6.07, 6.45) is 0.768. The molecular weight excluding hydrogens is 446 g/mol. The number of hydrogen-bond acceptors (Lipinski definition) is 7. The van der Waals surface area contributed by atoms with Crippen molar-refractivity contribution in [2.24, 2.45) is 0 Å². The number of anilines is 1. The number of carbonyl (C=O) groups is 1. The van der Waals surface area contributed by atoms with Gasteiger partial charge in [0.25, 0.3) is 5.56 Å². The first-order chi connectivity index (χ1) is 15.6. The Labute approximate surface area is 194 Å². The molecule has 32 heavy (non-hydrogen) atoms. The molecule has 1 aromatic heterocycles. The topological polar surface area (TPSA) is 82.5 Å². The highest BCUT2D eigenvalue weighted by Gasteiger charge is 2.22. The maximum absolute atomic E-state index is 13.1. The Kier molecular flexibility index (Phi) is 7.06. The third-order valence-corrected chi connectivity index (χ3v) is 7.03. The quantitative estimate of drug-likeness (QED) is 0.398. The molecule has 0 fully saturated rings. The predicted molar refractivity (Wildman–Crippen MR) is 127 cm³/mol. The molecule has 0 spiro atoms. The summed E-state index contributed by atoms with van der Waals surface area (Å²) in [5.74, 6) is 1.90. The molecule has 3 aromatic rings. The van der Waals surface area contributed by atoms with Gasteiger partial charge in [0.2, 0.25) is 5.91 Å². The van der Waals surface area contributed by atoms with E-state index in [-0.39, 0.29) is 17.2 Å². The van der Waals surface area contributed by atoms with Crippen molar-refractivity contribution < 1.29 is 14.3 Å². The summed E-state index contributed by atoms with van der Waals surface area (Å²) in [5, 5.41) is 3.41. The van der Waals surface area contributed by atoms with Crippen LogP contribution >= 0.6 is 23.5 Å². The number of aryl methyl sites for hydroxylation is 1. The van der Waals surface area contributed by atoms with Crippen LogP contribution in [0, 0.1) is 0 Å². The number of benzene rings is 2. The number of nitrogens with one attached hydrogen (secondary N) is 1. The second-order valence-electron chi connectivity index (χ2n) is 7.05. The number of amides is 1. The van der Waals surface area contributed by atoms with E-state index in [1.54, 1.807) is 41.6 Å². The largest absolute Gasteiger partial charge is 0.497 e. The molecule has 0 saturated carbocycles. The summed E-state index contributed by atoms with van der Waals surface area (Å²) in [5.41, 5.74) is 2.35. The van der Waals surface area contributed by atoms with Crippen LogP contribution in [-0.2, 0) is 17.8 Å². The zero-order chi connectivity index (χ0) is 22.5. The van der Waals surface area contributed by atoms with Crippen LogP contribution in [0.15, 0.2) is 63.4 Å².